The van der Waals surface area contributed by atoms with E-state index in [2.05, 4.69) is 20.6 Å². The molecule has 0 saturated carbocycles. The molecule has 10 nitrogen and oxygen atoms in total. The van der Waals surface area contributed by atoms with Crippen molar-refractivity contribution in [1.29, 1.82) is 0 Å². The normalized spacial score (nSPS) is 11.2. The molecule has 31 heavy (non-hydrogen) atoms. The van der Waals surface area contributed by atoms with Crippen molar-refractivity contribution < 1.29 is 19.1 Å². The number of benzene rings is 2. The number of esters is 2. The molecule has 156 valence electrons. The third-order valence-electron chi connectivity index (χ3n) is 4.73. The smallest absolute Gasteiger partial charge is 0.369 e. The highest BCUT2D eigenvalue weighted by Gasteiger charge is 2.55. The molecule has 4 rings (SSSR count). The Labute approximate surface area is 177 Å². The van der Waals surface area contributed by atoms with Crippen molar-refractivity contribution >= 4 is 11.9 Å². The average molecular weight is 418 g/mol. The fraction of sp³-hybridized carbons (Fsp3) is 0.143. The number of hydrogen-bond acceptors (Lipinski definition) is 8. The first kappa shape index (κ1) is 20.0. The van der Waals surface area contributed by atoms with Crippen LogP contribution in [-0.2, 0) is 24.7 Å². The van der Waals surface area contributed by atoms with Gasteiger partial charge in [-0.1, -0.05) is 71.1 Å². The molecule has 0 aliphatic heterocycles. The van der Waals surface area contributed by atoms with Crippen LogP contribution in [0.4, 0.5) is 0 Å². The SMILES string of the molecule is COC(=O)C(C(=O)OC)(n1cc(-c2ccccc2)nn1)n1cc(-c2ccccc2)nn1. The molecular formula is C21H18N6O4. The number of rotatable bonds is 6. The summed E-state index contributed by atoms with van der Waals surface area (Å²) in [5.41, 5.74) is 0.160. The highest BCUT2D eigenvalue weighted by Crippen LogP contribution is 2.27. The van der Waals surface area contributed by atoms with Crippen LogP contribution in [0.5, 0.6) is 0 Å². The van der Waals surface area contributed by atoms with Crippen molar-refractivity contribution in [1.82, 2.24) is 30.0 Å². The molecule has 10 heteroatoms. The fourth-order valence-electron chi connectivity index (χ4n) is 3.17. The topological polar surface area (TPSA) is 114 Å². The van der Waals surface area contributed by atoms with E-state index in [0.29, 0.717) is 11.4 Å². The van der Waals surface area contributed by atoms with E-state index in [1.807, 2.05) is 60.7 Å². The Morgan fingerprint density at radius 2 is 1.10 bits per heavy atom. The van der Waals surface area contributed by atoms with Gasteiger partial charge in [0.15, 0.2) is 0 Å². The van der Waals surface area contributed by atoms with Crippen molar-refractivity contribution in [2.45, 2.75) is 5.66 Å². The van der Waals surface area contributed by atoms with Crippen LogP contribution >= 0.6 is 0 Å². The minimum atomic E-state index is -2.23. The van der Waals surface area contributed by atoms with Gasteiger partial charge in [0.25, 0.3) is 0 Å². The van der Waals surface area contributed by atoms with Gasteiger partial charge in [0.2, 0.25) is 0 Å². The predicted molar refractivity (Wildman–Crippen MR) is 108 cm³/mol. The van der Waals surface area contributed by atoms with E-state index in [0.717, 1.165) is 34.7 Å². The van der Waals surface area contributed by atoms with E-state index in [-0.39, 0.29) is 0 Å². The standard InChI is InChI=1S/C21H18N6O4/c1-30-19(28)21(20(29)31-2,26-13-17(22-24-26)15-9-5-3-6-10-15)27-14-18(23-25-27)16-11-7-4-8-12-16/h3-14H,1-2H3. The fourth-order valence-corrected chi connectivity index (χ4v) is 3.17. The van der Waals surface area contributed by atoms with Crippen LogP contribution in [0.15, 0.2) is 73.1 Å². The molecule has 0 aliphatic rings. The third kappa shape index (κ3) is 3.33. The molecule has 0 atom stereocenters. The molecule has 0 unspecified atom stereocenters. The Morgan fingerprint density at radius 3 is 1.45 bits per heavy atom. The van der Waals surface area contributed by atoms with Gasteiger partial charge >= 0.3 is 17.6 Å². The van der Waals surface area contributed by atoms with E-state index in [4.69, 9.17) is 9.47 Å². The van der Waals surface area contributed by atoms with Crippen molar-refractivity contribution in [2.24, 2.45) is 0 Å². The summed E-state index contributed by atoms with van der Waals surface area (Å²) in [4.78, 5) is 26.1. The Kier molecular flexibility index (Phi) is 5.27. The first-order chi connectivity index (χ1) is 15.1. The van der Waals surface area contributed by atoms with Gasteiger partial charge in [0, 0.05) is 11.1 Å². The maximum Gasteiger partial charge on any atom is 0.369 e. The molecular weight excluding hydrogens is 400 g/mol. The molecule has 2 heterocycles. The highest BCUT2D eigenvalue weighted by molar-refractivity contribution is 6.02. The van der Waals surface area contributed by atoms with Crippen LogP contribution in [-0.4, -0.2) is 56.1 Å². The molecule has 4 aromatic rings. The van der Waals surface area contributed by atoms with Crippen molar-refractivity contribution in [2.75, 3.05) is 14.2 Å². The number of ether oxygens (including phenoxy) is 2. The maximum absolute atomic E-state index is 13.0. The number of hydrogen-bond donors (Lipinski definition) is 0. The van der Waals surface area contributed by atoms with Crippen molar-refractivity contribution in [3.8, 4) is 22.5 Å². The van der Waals surface area contributed by atoms with Crippen LogP contribution < -0.4 is 0 Å². The number of aromatic nitrogens is 6. The van der Waals surface area contributed by atoms with Crippen molar-refractivity contribution in [3.63, 3.8) is 0 Å². The summed E-state index contributed by atoms with van der Waals surface area (Å²) in [5, 5.41) is 16.3. The van der Waals surface area contributed by atoms with E-state index < -0.39 is 17.6 Å². The second kappa shape index (κ2) is 8.19. The van der Waals surface area contributed by atoms with Gasteiger partial charge in [-0.05, 0) is 0 Å². The molecule has 2 aromatic carbocycles. The van der Waals surface area contributed by atoms with Crippen LogP contribution in [0.3, 0.4) is 0 Å². The Bertz CT molecular complexity index is 1110. The Morgan fingerprint density at radius 1 is 0.710 bits per heavy atom. The molecule has 0 saturated heterocycles. The van der Waals surface area contributed by atoms with Gasteiger partial charge in [-0.3, -0.25) is 0 Å². The monoisotopic (exact) mass is 418 g/mol. The minimum absolute atomic E-state index is 0.446. The second-order valence-electron chi connectivity index (χ2n) is 6.48. The third-order valence-corrected chi connectivity index (χ3v) is 4.73. The lowest BCUT2D eigenvalue weighted by Crippen LogP contribution is -2.56. The Balaban J connectivity index is 1.89. The second-order valence-corrected chi connectivity index (χ2v) is 6.48. The number of carbonyl (C=O) groups is 2. The van der Waals surface area contributed by atoms with Crippen LogP contribution in [0.1, 0.15) is 0 Å². The molecule has 2 aromatic heterocycles. The number of methoxy groups -OCH3 is 2. The van der Waals surface area contributed by atoms with Crippen molar-refractivity contribution in [3.05, 3.63) is 73.1 Å². The van der Waals surface area contributed by atoms with Gasteiger partial charge < -0.3 is 9.47 Å². The number of carbonyl (C=O) groups excluding carboxylic acids is 2. The summed E-state index contributed by atoms with van der Waals surface area (Å²) in [6.07, 6.45) is 2.90. The van der Waals surface area contributed by atoms with E-state index in [1.165, 1.54) is 12.4 Å². The van der Waals surface area contributed by atoms with E-state index >= 15 is 0 Å². The maximum atomic E-state index is 13.0. The predicted octanol–water partition coefficient (Wildman–Crippen LogP) is 1.75. The summed E-state index contributed by atoms with van der Waals surface area (Å²) in [6, 6.07) is 18.4. The van der Waals surface area contributed by atoms with Gasteiger partial charge in [-0.25, -0.2) is 19.0 Å². The summed E-state index contributed by atoms with van der Waals surface area (Å²) >= 11 is 0. The lowest BCUT2D eigenvalue weighted by Gasteiger charge is -2.27. The van der Waals surface area contributed by atoms with Gasteiger partial charge in [0.05, 0.1) is 26.6 Å². The largest absolute Gasteiger partial charge is 0.465 e. The van der Waals surface area contributed by atoms with Gasteiger partial charge in [0.1, 0.15) is 11.4 Å². The molecule has 0 radical (unpaired) electrons. The van der Waals surface area contributed by atoms with Gasteiger partial charge in [-0.15, -0.1) is 10.2 Å². The molecule has 0 N–H and O–H groups in total. The van der Waals surface area contributed by atoms with Gasteiger partial charge in [-0.2, -0.15) is 0 Å². The molecule has 0 aliphatic carbocycles. The van der Waals surface area contributed by atoms with E-state index in [9.17, 15) is 9.59 Å². The Hall–Kier alpha value is -4.34. The first-order valence-electron chi connectivity index (χ1n) is 9.24. The zero-order valence-corrected chi connectivity index (χ0v) is 16.7. The molecule has 0 fully saturated rings. The molecule has 0 bridgehead atoms. The highest BCUT2D eigenvalue weighted by atomic mass is 16.6. The average Bonchev–Trinajstić information content (AvgIpc) is 3.51. The lowest BCUT2D eigenvalue weighted by molar-refractivity contribution is -0.171. The zero-order chi connectivity index (χ0) is 21.8. The van der Waals surface area contributed by atoms with Crippen LogP contribution in [0.25, 0.3) is 22.5 Å². The summed E-state index contributed by atoms with van der Waals surface area (Å²) in [7, 11) is 2.31. The minimum Gasteiger partial charge on any atom is -0.465 e. The zero-order valence-electron chi connectivity index (χ0n) is 16.7. The van der Waals surface area contributed by atoms with Crippen LogP contribution in [0, 0.1) is 0 Å². The summed E-state index contributed by atoms with van der Waals surface area (Å²) < 4.78 is 12.1. The lowest BCUT2D eigenvalue weighted by atomic mass is 10.1. The van der Waals surface area contributed by atoms with Crippen LogP contribution in [0.2, 0.25) is 0 Å². The first-order valence-corrected chi connectivity index (χ1v) is 9.24. The quantitative estimate of drug-likeness (QED) is 0.344. The summed E-state index contributed by atoms with van der Waals surface area (Å²) in [6.45, 7) is 0. The van der Waals surface area contributed by atoms with E-state index in [1.54, 1.807) is 0 Å². The molecule has 0 spiro atoms. The summed E-state index contributed by atoms with van der Waals surface area (Å²) in [5.74, 6) is -1.93. The molecule has 0 amide bonds. The number of nitrogens with zero attached hydrogens (tertiary/aromatic N) is 6.